The molecule has 0 bridgehead atoms. The molecule has 1 fully saturated rings. The van der Waals surface area contributed by atoms with Crippen LogP contribution >= 0.6 is 0 Å². The van der Waals surface area contributed by atoms with Crippen molar-refractivity contribution in [2.75, 3.05) is 13.2 Å². The predicted molar refractivity (Wildman–Crippen MR) is 64.2 cm³/mol. The Kier molecular flexibility index (Phi) is 3.23. The van der Waals surface area contributed by atoms with Crippen molar-refractivity contribution < 1.29 is 14.0 Å². The van der Waals surface area contributed by atoms with Gasteiger partial charge in [0.05, 0.1) is 13.2 Å². The standard InChI is InChI=1S/C13H14N2O3/c1-3-11(18-12-5-7-16-8-6-12)4-2-10(1)13-14-9-17-15-13/h1-4,9,12H,5-8H2. The average molecular weight is 246 g/mol. The van der Waals surface area contributed by atoms with Gasteiger partial charge in [-0.25, -0.2) is 0 Å². The van der Waals surface area contributed by atoms with Gasteiger partial charge in [-0.2, -0.15) is 4.98 Å². The third-order valence-corrected chi connectivity index (χ3v) is 2.94. The summed E-state index contributed by atoms with van der Waals surface area (Å²) in [7, 11) is 0. The molecule has 18 heavy (non-hydrogen) atoms. The van der Waals surface area contributed by atoms with Crippen molar-refractivity contribution in [3.63, 3.8) is 0 Å². The maximum atomic E-state index is 5.88. The van der Waals surface area contributed by atoms with Crippen molar-refractivity contribution >= 4 is 0 Å². The zero-order chi connectivity index (χ0) is 12.2. The number of aromatic nitrogens is 2. The highest BCUT2D eigenvalue weighted by Gasteiger charge is 2.15. The van der Waals surface area contributed by atoms with Crippen LogP contribution in [0.3, 0.4) is 0 Å². The number of benzene rings is 1. The number of ether oxygens (including phenoxy) is 2. The van der Waals surface area contributed by atoms with Crippen molar-refractivity contribution in [2.45, 2.75) is 18.9 Å². The van der Waals surface area contributed by atoms with E-state index in [2.05, 4.69) is 10.1 Å². The first kappa shape index (κ1) is 11.2. The fourth-order valence-electron chi connectivity index (χ4n) is 1.97. The van der Waals surface area contributed by atoms with Crippen molar-refractivity contribution in [3.8, 4) is 17.1 Å². The molecule has 0 amide bonds. The molecule has 0 spiro atoms. The van der Waals surface area contributed by atoms with Crippen LogP contribution in [-0.4, -0.2) is 29.5 Å². The van der Waals surface area contributed by atoms with Gasteiger partial charge in [0.2, 0.25) is 12.2 Å². The summed E-state index contributed by atoms with van der Waals surface area (Å²) >= 11 is 0. The Balaban J connectivity index is 1.67. The van der Waals surface area contributed by atoms with Gasteiger partial charge in [0.15, 0.2) is 0 Å². The molecule has 1 aromatic carbocycles. The van der Waals surface area contributed by atoms with E-state index in [4.69, 9.17) is 14.0 Å². The van der Waals surface area contributed by atoms with Crippen LogP contribution in [-0.2, 0) is 4.74 Å². The quantitative estimate of drug-likeness (QED) is 0.831. The number of hydrogen-bond donors (Lipinski definition) is 0. The Bertz CT molecular complexity index is 475. The van der Waals surface area contributed by atoms with Crippen LogP contribution in [0.5, 0.6) is 5.75 Å². The molecule has 5 nitrogen and oxygen atoms in total. The lowest BCUT2D eigenvalue weighted by Crippen LogP contribution is -2.25. The smallest absolute Gasteiger partial charge is 0.214 e. The second kappa shape index (κ2) is 5.18. The lowest BCUT2D eigenvalue weighted by molar-refractivity contribution is 0.0256. The van der Waals surface area contributed by atoms with Crippen molar-refractivity contribution in [3.05, 3.63) is 30.7 Å². The van der Waals surface area contributed by atoms with Gasteiger partial charge in [-0.15, -0.1) is 0 Å². The summed E-state index contributed by atoms with van der Waals surface area (Å²) in [4.78, 5) is 4.00. The first-order valence-electron chi connectivity index (χ1n) is 6.03. The number of rotatable bonds is 3. The Morgan fingerprint density at radius 3 is 2.56 bits per heavy atom. The van der Waals surface area contributed by atoms with Gasteiger partial charge in [0, 0.05) is 18.4 Å². The van der Waals surface area contributed by atoms with Crippen LogP contribution in [0.4, 0.5) is 0 Å². The van der Waals surface area contributed by atoms with Gasteiger partial charge >= 0.3 is 0 Å². The third-order valence-electron chi connectivity index (χ3n) is 2.94. The predicted octanol–water partition coefficient (Wildman–Crippen LogP) is 2.29. The zero-order valence-electron chi connectivity index (χ0n) is 9.91. The summed E-state index contributed by atoms with van der Waals surface area (Å²) in [5.74, 6) is 1.46. The molecule has 2 aromatic rings. The van der Waals surface area contributed by atoms with Crippen LogP contribution < -0.4 is 4.74 Å². The van der Waals surface area contributed by atoms with Crippen LogP contribution in [0.15, 0.2) is 35.2 Å². The van der Waals surface area contributed by atoms with E-state index in [1.807, 2.05) is 24.3 Å². The number of nitrogens with zero attached hydrogens (tertiary/aromatic N) is 2. The minimum atomic E-state index is 0.259. The monoisotopic (exact) mass is 246 g/mol. The molecular weight excluding hydrogens is 232 g/mol. The van der Waals surface area contributed by atoms with Gasteiger partial charge in [-0.1, -0.05) is 5.16 Å². The molecule has 5 heteroatoms. The fourth-order valence-corrected chi connectivity index (χ4v) is 1.97. The van der Waals surface area contributed by atoms with Gasteiger partial charge in [-0.05, 0) is 24.3 Å². The van der Waals surface area contributed by atoms with E-state index < -0.39 is 0 Å². The van der Waals surface area contributed by atoms with Gasteiger partial charge in [-0.3, -0.25) is 0 Å². The third kappa shape index (κ3) is 2.51. The molecule has 0 radical (unpaired) electrons. The lowest BCUT2D eigenvalue weighted by atomic mass is 10.1. The van der Waals surface area contributed by atoms with E-state index in [-0.39, 0.29) is 6.10 Å². The normalized spacial score (nSPS) is 16.7. The van der Waals surface area contributed by atoms with Crippen LogP contribution in [0.2, 0.25) is 0 Å². The van der Waals surface area contributed by atoms with E-state index >= 15 is 0 Å². The first-order valence-corrected chi connectivity index (χ1v) is 6.03. The molecular formula is C13H14N2O3. The van der Waals surface area contributed by atoms with Crippen molar-refractivity contribution in [1.29, 1.82) is 0 Å². The maximum absolute atomic E-state index is 5.88. The topological polar surface area (TPSA) is 57.4 Å². The van der Waals surface area contributed by atoms with E-state index in [9.17, 15) is 0 Å². The molecule has 2 heterocycles. The molecule has 1 aliphatic rings. The first-order chi connectivity index (χ1) is 8.92. The van der Waals surface area contributed by atoms with E-state index in [1.54, 1.807) is 0 Å². The summed E-state index contributed by atoms with van der Waals surface area (Å²) in [5, 5.41) is 3.79. The largest absolute Gasteiger partial charge is 0.490 e. The Hall–Kier alpha value is -1.88. The second-order valence-electron chi connectivity index (χ2n) is 4.21. The van der Waals surface area contributed by atoms with Gasteiger partial charge < -0.3 is 14.0 Å². The molecule has 0 atom stereocenters. The van der Waals surface area contributed by atoms with Crippen LogP contribution in [0, 0.1) is 0 Å². The summed E-state index contributed by atoms with van der Waals surface area (Å²) in [5.41, 5.74) is 0.920. The molecule has 0 N–H and O–H groups in total. The zero-order valence-corrected chi connectivity index (χ0v) is 9.91. The van der Waals surface area contributed by atoms with Crippen molar-refractivity contribution in [2.24, 2.45) is 0 Å². The second-order valence-corrected chi connectivity index (χ2v) is 4.21. The molecule has 1 saturated heterocycles. The fraction of sp³-hybridized carbons (Fsp3) is 0.385. The highest BCUT2D eigenvalue weighted by atomic mass is 16.5. The summed E-state index contributed by atoms with van der Waals surface area (Å²) in [6, 6.07) is 7.72. The molecule has 1 aromatic heterocycles. The molecule has 3 rings (SSSR count). The Morgan fingerprint density at radius 2 is 1.89 bits per heavy atom. The summed E-state index contributed by atoms with van der Waals surface area (Å²) < 4.78 is 15.9. The van der Waals surface area contributed by atoms with E-state index in [0.717, 1.165) is 37.4 Å². The Labute approximate surface area is 105 Å². The lowest BCUT2D eigenvalue weighted by Gasteiger charge is -2.23. The van der Waals surface area contributed by atoms with Crippen molar-refractivity contribution in [1.82, 2.24) is 10.1 Å². The molecule has 0 saturated carbocycles. The minimum absolute atomic E-state index is 0.259. The molecule has 0 aliphatic carbocycles. The highest BCUT2D eigenvalue weighted by molar-refractivity contribution is 5.55. The average Bonchev–Trinajstić information content (AvgIpc) is 2.95. The summed E-state index contributed by atoms with van der Waals surface area (Å²) in [6.07, 6.45) is 3.48. The van der Waals surface area contributed by atoms with Gasteiger partial charge in [0.25, 0.3) is 0 Å². The van der Waals surface area contributed by atoms with Crippen LogP contribution in [0.25, 0.3) is 11.4 Å². The molecule has 94 valence electrons. The summed E-state index contributed by atoms with van der Waals surface area (Å²) in [6.45, 7) is 1.57. The number of hydrogen-bond acceptors (Lipinski definition) is 5. The molecule has 0 unspecified atom stereocenters. The minimum Gasteiger partial charge on any atom is -0.490 e. The van der Waals surface area contributed by atoms with E-state index in [1.165, 1.54) is 6.39 Å². The highest BCUT2D eigenvalue weighted by Crippen LogP contribution is 2.22. The maximum Gasteiger partial charge on any atom is 0.214 e. The van der Waals surface area contributed by atoms with E-state index in [0.29, 0.717) is 5.82 Å². The molecule has 1 aliphatic heterocycles. The van der Waals surface area contributed by atoms with Gasteiger partial charge in [0.1, 0.15) is 11.9 Å². The SMILES string of the molecule is c1nc(-c2ccc(OC3CCOCC3)cc2)no1. The van der Waals surface area contributed by atoms with Crippen LogP contribution in [0.1, 0.15) is 12.8 Å². The Morgan fingerprint density at radius 1 is 1.11 bits per heavy atom.